The van der Waals surface area contributed by atoms with Crippen LogP contribution in [0, 0.1) is 41.5 Å². The SMILES string of the molecule is CC(C)(C)[O-].CCCCO.CC[C@@H]1CN(C)CCN1c1ccc(N)c(C(N)=O)c1.CC[C@@H]1CN(C)CCN1c1ccc(NC(=O)c2cc3c(C)nc(C)cn3n2)c(C(N)=O)c1.CC[C@@H]1CN(C)CCN1c1ccc2nc(-c3cc4c(C)nc(C)cn4n3)[nH]c(=O)c2c1.Cc1cn2nccc2c(C)n1.O=C=O.[K+]. The Morgan fingerprint density at radius 2 is 1.05 bits per heavy atom. The summed E-state index contributed by atoms with van der Waals surface area (Å²) in [6.45, 7) is 34.2. The van der Waals surface area contributed by atoms with Crippen molar-refractivity contribution in [1.29, 1.82) is 0 Å². The molecule has 13 rings (SSSR count). The monoisotopic (exact) mass is 1490 g/mol. The Morgan fingerprint density at radius 1 is 0.607 bits per heavy atom. The van der Waals surface area contributed by atoms with Crippen molar-refractivity contribution in [2.45, 2.75) is 146 Å². The number of aliphatic hydroxyl groups excluding tert-OH is 1. The minimum atomic E-state index is -0.750. The standard InChI is InChI=1S/C23H29N7O2.C23H27N7O.C14H22N4O.C8H9N3.C4H9O.C4H10O.CO2.K/c1-5-16-13-28(4)8-9-29(16)17-6-7-19(18(10-17)22(24)31)26-23(32)20-11-21-15(3)25-14(2)12-30(21)27-20;1-5-16-13-28(4)8-9-29(16)17-6-7-19-18(10-17)23(31)26-22(25-19)20-11-21-15(3)24-14(2)12-30(21)27-20;1-3-10-9-17(2)6-7-18(10)11-4-5-13(15)12(8-11)14(16)19;1-6-5-11-8(3-4-9-11)7(2)10-6;1-4(2,3)5;1-2-3-4-5;2-1-3;/h6-7,10-12,16H,5,8-9,13H2,1-4H3,(H2,24,31)(H,26,32);6-7,10-12,16H,5,8-9,13H2,1-4H3,(H,25,26,31);4-5,8,10H,3,6-7,9,15H2,1-2H3,(H2,16,19);3-5H,1-2H3;1-3H3;5H,2-4H2,1H3;;/q;;;;-1;;;+1/t2*16-;10-;;;;;/m111...../s1. The van der Waals surface area contributed by atoms with Crippen LogP contribution in [-0.4, -0.2) is 208 Å². The number of rotatable bonds is 13. The van der Waals surface area contributed by atoms with E-state index in [1.54, 1.807) is 66.5 Å². The minimum Gasteiger partial charge on any atom is -0.850 e. The predicted octanol–water partition coefficient (Wildman–Crippen LogP) is 4.60. The number of likely N-dealkylation sites (N-methyl/N-ethyl adjacent to an activating group) is 3. The normalized spacial score (nSPS) is 16.0. The molecule has 29 nitrogen and oxygen atoms in total. The quantitative estimate of drug-likeness (QED) is 0.0678. The number of anilines is 5. The predicted molar refractivity (Wildman–Crippen MR) is 415 cm³/mol. The number of hydrogen-bond donors (Lipinski definition) is 6. The minimum absolute atomic E-state index is 0. The van der Waals surface area contributed by atoms with Crippen LogP contribution in [0.3, 0.4) is 0 Å². The summed E-state index contributed by atoms with van der Waals surface area (Å²) in [4.78, 5) is 101. The third kappa shape index (κ3) is 24.0. The van der Waals surface area contributed by atoms with E-state index in [2.05, 4.69) is 125 Å². The van der Waals surface area contributed by atoms with E-state index < -0.39 is 23.3 Å². The van der Waals surface area contributed by atoms with E-state index in [9.17, 15) is 24.3 Å². The van der Waals surface area contributed by atoms with Crippen LogP contribution >= 0.6 is 0 Å². The number of benzene rings is 3. The number of nitrogens with one attached hydrogen (secondary N) is 2. The van der Waals surface area contributed by atoms with Crippen LogP contribution in [0.1, 0.15) is 146 Å². The van der Waals surface area contributed by atoms with Crippen LogP contribution in [0.4, 0.5) is 28.4 Å². The summed E-state index contributed by atoms with van der Waals surface area (Å²) in [7, 11) is 6.41. The summed E-state index contributed by atoms with van der Waals surface area (Å²) in [5, 5.41) is 34.7. The number of carbonyl (C=O) groups excluding carboxylic acids is 5. The first-order valence-electron chi connectivity index (χ1n) is 35.9. The van der Waals surface area contributed by atoms with Crippen molar-refractivity contribution in [1.82, 2.24) is 68.5 Å². The van der Waals surface area contributed by atoms with Gasteiger partial charge < -0.3 is 67.1 Å². The number of H-pyrrole nitrogens is 1. The van der Waals surface area contributed by atoms with Gasteiger partial charge in [0.05, 0.1) is 103 Å². The Labute approximate surface area is 668 Å². The van der Waals surface area contributed by atoms with Gasteiger partial charge in [-0.15, -0.1) is 5.60 Å². The first-order valence-corrected chi connectivity index (χ1v) is 35.9. The average Bonchev–Trinajstić information content (AvgIpc) is 1.76. The molecule has 7 aromatic heterocycles. The Bertz CT molecular complexity index is 4730. The Hall–Kier alpha value is -8.91. The van der Waals surface area contributed by atoms with E-state index in [1.807, 2.05) is 101 Å². The van der Waals surface area contributed by atoms with Gasteiger partial charge in [0.25, 0.3) is 23.3 Å². The third-order valence-electron chi connectivity index (χ3n) is 18.2. The number of hydrogen-bond acceptors (Lipinski definition) is 22. The molecule has 0 bridgehead atoms. The molecule has 3 aromatic carbocycles. The van der Waals surface area contributed by atoms with Gasteiger partial charge in [-0.05, 0) is 161 Å². The summed E-state index contributed by atoms with van der Waals surface area (Å²) in [5.41, 5.74) is 30.2. The van der Waals surface area contributed by atoms with E-state index in [-0.39, 0.29) is 74.4 Å². The van der Waals surface area contributed by atoms with Gasteiger partial charge in [0.15, 0.2) is 11.5 Å². The number of aromatic amines is 1. The maximum Gasteiger partial charge on any atom is 1.00 e. The van der Waals surface area contributed by atoms with Crippen molar-refractivity contribution in [2.75, 3.05) is 112 Å². The summed E-state index contributed by atoms with van der Waals surface area (Å²) >= 11 is 0. The zero-order valence-corrected chi connectivity index (χ0v) is 68.4. The van der Waals surface area contributed by atoms with Crippen molar-refractivity contribution in [3.05, 3.63) is 159 Å². The fourth-order valence-corrected chi connectivity index (χ4v) is 12.9. The van der Waals surface area contributed by atoms with Gasteiger partial charge in [0.1, 0.15) is 5.69 Å². The smallest absolute Gasteiger partial charge is 0.850 e. The molecule has 0 spiro atoms. The molecule has 3 aliphatic heterocycles. The number of primary amides is 2. The van der Waals surface area contributed by atoms with Gasteiger partial charge in [-0.1, -0.05) is 54.9 Å². The third-order valence-corrected chi connectivity index (χ3v) is 18.2. The number of fused-ring (bicyclic) bond motifs is 4. The molecule has 30 heteroatoms. The van der Waals surface area contributed by atoms with Crippen molar-refractivity contribution < 1.29 is 85.6 Å². The van der Waals surface area contributed by atoms with Crippen molar-refractivity contribution in [3.8, 4) is 11.5 Å². The summed E-state index contributed by atoms with van der Waals surface area (Å²) in [6.07, 6.45) is 12.8. The molecule has 0 unspecified atom stereocenters. The number of nitrogens with zero attached hydrogens (tertiary/aromatic N) is 16. The molecule has 3 atom stereocenters. The zero-order valence-electron chi connectivity index (χ0n) is 65.3. The Morgan fingerprint density at radius 3 is 1.51 bits per heavy atom. The van der Waals surface area contributed by atoms with Gasteiger partial charge in [0, 0.05) is 106 Å². The molecule has 9 N–H and O–H groups in total. The summed E-state index contributed by atoms with van der Waals surface area (Å²) in [6, 6.07) is 23.8. The van der Waals surface area contributed by atoms with Crippen molar-refractivity contribution >= 4 is 79.8 Å². The maximum absolute atomic E-state index is 13.0. The first-order chi connectivity index (χ1) is 50.3. The second-order valence-electron chi connectivity index (χ2n) is 27.9. The molecule has 0 aliphatic carbocycles. The number of nitrogens with two attached hydrogens (primary N) is 3. The summed E-state index contributed by atoms with van der Waals surface area (Å²) < 4.78 is 5.28. The fourth-order valence-electron chi connectivity index (χ4n) is 12.9. The number of piperazine rings is 3. The summed E-state index contributed by atoms with van der Waals surface area (Å²) in [5.74, 6) is -0.999. The number of carbonyl (C=O) groups is 3. The van der Waals surface area contributed by atoms with Crippen molar-refractivity contribution in [3.63, 3.8) is 0 Å². The number of aromatic nitrogens is 11. The molecule has 3 fully saturated rings. The van der Waals surface area contributed by atoms with E-state index in [0.717, 1.165) is 159 Å². The van der Waals surface area contributed by atoms with E-state index >= 15 is 0 Å². The van der Waals surface area contributed by atoms with Gasteiger partial charge >= 0.3 is 57.5 Å². The number of aryl methyl sites for hydroxylation is 6. The van der Waals surface area contributed by atoms with Crippen LogP contribution in [0.5, 0.6) is 0 Å². The largest absolute Gasteiger partial charge is 1.00 e. The zero-order chi connectivity index (χ0) is 77.9. The van der Waals surface area contributed by atoms with E-state index in [1.165, 1.54) is 0 Å². The first kappa shape index (κ1) is 87.0. The van der Waals surface area contributed by atoms with Crippen LogP contribution in [-0.2, 0) is 9.59 Å². The fraction of sp³-hybridized carbons (Fsp3) is 0.455. The van der Waals surface area contributed by atoms with E-state index in [0.29, 0.717) is 64.1 Å². The van der Waals surface area contributed by atoms with Gasteiger partial charge in [-0.2, -0.15) is 24.9 Å². The molecular weight excluding hydrogens is 1390 g/mol. The molecule has 3 aliphatic rings. The van der Waals surface area contributed by atoms with Gasteiger partial charge in [-0.3, -0.25) is 34.1 Å². The topological polar surface area (TPSA) is 374 Å². The molecule has 3 saturated heterocycles. The van der Waals surface area contributed by atoms with Crippen LogP contribution in [0.25, 0.3) is 39.0 Å². The molecular formula is C77H106KN21O8. The van der Waals surface area contributed by atoms with Gasteiger partial charge in [0.2, 0.25) is 0 Å². The molecule has 10 aromatic rings. The molecule has 107 heavy (non-hydrogen) atoms. The molecule has 0 radical (unpaired) electrons. The Kier molecular flexibility index (Phi) is 32.8. The van der Waals surface area contributed by atoms with Gasteiger partial charge in [-0.25, -0.2) is 18.5 Å². The number of unbranched alkanes of at least 4 members (excludes halogenated alkanes) is 1. The average molecular weight is 1490 g/mol. The van der Waals surface area contributed by atoms with Crippen LogP contribution in [0.15, 0.2) is 102 Å². The number of nitrogen functional groups attached to an aromatic ring is 1. The molecule has 10 heterocycles. The molecule has 0 saturated carbocycles. The maximum atomic E-state index is 13.0. The number of aliphatic hydroxyl groups is 1. The van der Waals surface area contributed by atoms with E-state index in [4.69, 9.17) is 36.9 Å². The van der Waals surface area contributed by atoms with Crippen LogP contribution < -0.4 is 99.3 Å². The number of amides is 3. The second kappa shape index (κ2) is 40.3. The second-order valence-corrected chi connectivity index (χ2v) is 27.9. The van der Waals surface area contributed by atoms with Crippen molar-refractivity contribution in [2.24, 2.45) is 11.5 Å². The molecule has 568 valence electrons. The molecule has 3 amide bonds. The van der Waals surface area contributed by atoms with Crippen LogP contribution in [0.2, 0.25) is 0 Å². The Balaban J connectivity index is 0.000000220.